The molecule has 5 heteroatoms. The van der Waals surface area contributed by atoms with Gasteiger partial charge in [-0.05, 0) is 59.7 Å². The van der Waals surface area contributed by atoms with Crippen LogP contribution < -0.4 is 0 Å². The topological polar surface area (TPSA) is 48.8 Å². The second-order valence-corrected chi connectivity index (χ2v) is 5.51. The second kappa shape index (κ2) is 6.43. The summed E-state index contributed by atoms with van der Waals surface area (Å²) in [6.07, 6.45) is 2.76. The van der Waals surface area contributed by atoms with Crippen molar-refractivity contribution in [2.45, 2.75) is 13.3 Å². The number of rotatable bonds is 4. The van der Waals surface area contributed by atoms with E-state index in [1.54, 1.807) is 18.3 Å². The first-order valence-corrected chi connectivity index (χ1v) is 6.98. The molecule has 96 valence electrons. The average molecular weight is 290 g/mol. The number of nitrogens with zero attached hydrogens (tertiary/aromatic N) is 3. The Balaban J connectivity index is 2.11. The molecule has 3 nitrogen and oxygen atoms in total. The molecule has 0 amide bonds. The summed E-state index contributed by atoms with van der Waals surface area (Å²) < 4.78 is 0. The van der Waals surface area contributed by atoms with Crippen LogP contribution in [0.4, 0.5) is 0 Å². The molecule has 0 atom stereocenters. The zero-order chi connectivity index (χ0) is 13.7. The highest BCUT2D eigenvalue weighted by molar-refractivity contribution is 7.11. The predicted molar refractivity (Wildman–Crippen MR) is 81.4 cm³/mol. The zero-order valence-corrected chi connectivity index (χ0v) is 11.9. The number of halogens is 1. The molecule has 1 aromatic heterocycles. The van der Waals surface area contributed by atoms with Crippen molar-refractivity contribution in [2.75, 3.05) is 0 Å². The first kappa shape index (κ1) is 13.7. The van der Waals surface area contributed by atoms with Gasteiger partial charge >= 0.3 is 0 Å². The fourth-order valence-electron chi connectivity index (χ4n) is 1.71. The van der Waals surface area contributed by atoms with Crippen LogP contribution in [-0.2, 0) is 6.42 Å². The highest BCUT2D eigenvalue weighted by Crippen LogP contribution is 2.21. The van der Waals surface area contributed by atoms with Crippen LogP contribution >= 0.6 is 22.9 Å². The maximum absolute atomic E-state index is 8.35. The summed E-state index contributed by atoms with van der Waals surface area (Å²) >= 11 is 7.50. The van der Waals surface area contributed by atoms with Crippen LogP contribution in [0.2, 0.25) is 5.02 Å². The van der Waals surface area contributed by atoms with Crippen molar-refractivity contribution in [1.82, 2.24) is 0 Å². The van der Waals surface area contributed by atoms with Gasteiger partial charge in [0.2, 0.25) is 0 Å². The van der Waals surface area contributed by atoms with E-state index in [0.29, 0.717) is 5.70 Å². The van der Waals surface area contributed by atoms with Gasteiger partial charge in [0.25, 0.3) is 0 Å². The Labute approximate surface area is 120 Å². The molecule has 0 unspecified atom stereocenters. The molecule has 0 fully saturated rings. The fraction of sp³-hybridized carbons (Fsp3) is 0.143. The first-order valence-electron chi connectivity index (χ1n) is 5.72. The number of azide groups is 1. The van der Waals surface area contributed by atoms with Crippen molar-refractivity contribution in [3.05, 3.63) is 72.9 Å². The molecule has 0 bridgehead atoms. The number of hydrogen-bond acceptors (Lipinski definition) is 2. The van der Waals surface area contributed by atoms with Crippen molar-refractivity contribution < 1.29 is 0 Å². The number of allylic oxidation sites excluding steroid dienone is 1. The zero-order valence-electron chi connectivity index (χ0n) is 10.4. The summed E-state index contributed by atoms with van der Waals surface area (Å²) in [5.74, 6) is 0. The normalized spacial score (nSPS) is 11.2. The summed E-state index contributed by atoms with van der Waals surface area (Å²) in [4.78, 5) is 3.85. The third kappa shape index (κ3) is 4.14. The molecule has 1 heterocycles. The van der Waals surface area contributed by atoms with Gasteiger partial charge in [-0.25, -0.2) is 0 Å². The van der Waals surface area contributed by atoms with E-state index in [-0.39, 0.29) is 0 Å². The van der Waals surface area contributed by atoms with Crippen LogP contribution in [-0.4, -0.2) is 0 Å². The number of hydrogen-bond donors (Lipinski definition) is 0. The van der Waals surface area contributed by atoms with Gasteiger partial charge in [0.05, 0.1) is 0 Å². The van der Waals surface area contributed by atoms with Crippen molar-refractivity contribution >= 4 is 29.0 Å². The van der Waals surface area contributed by atoms with Gasteiger partial charge in [-0.1, -0.05) is 28.8 Å². The Hall–Kier alpha value is -1.74. The van der Waals surface area contributed by atoms with Crippen LogP contribution in [0.5, 0.6) is 0 Å². The average Bonchev–Trinajstić information content (AvgIpc) is 2.80. The first-order chi connectivity index (χ1) is 9.17. The minimum Gasteiger partial charge on any atom is -0.144 e. The lowest BCUT2D eigenvalue weighted by Crippen LogP contribution is -1.84. The van der Waals surface area contributed by atoms with Crippen LogP contribution in [0.3, 0.4) is 0 Å². The molecule has 1 aromatic carbocycles. The molecule has 0 aliphatic carbocycles. The van der Waals surface area contributed by atoms with Gasteiger partial charge in [0, 0.05) is 20.5 Å². The van der Waals surface area contributed by atoms with Crippen molar-refractivity contribution in [1.29, 1.82) is 0 Å². The maximum Gasteiger partial charge on any atom is 0.0406 e. The quantitative estimate of drug-likeness (QED) is 0.396. The molecule has 0 saturated heterocycles. The highest BCUT2D eigenvalue weighted by atomic mass is 35.5. The molecule has 2 aromatic rings. The van der Waals surface area contributed by atoms with Gasteiger partial charge in [0.15, 0.2) is 0 Å². The molecule has 0 N–H and O–H groups in total. The van der Waals surface area contributed by atoms with E-state index in [1.165, 1.54) is 11.1 Å². The van der Waals surface area contributed by atoms with Gasteiger partial charge in [-0.3, -0.25) is 0 Å². The molecule has 0 spiro atoms. The van der Waals surface area contributed by atoms with E-state index in [0.717, 1.165) is 16.3 Å². The van der Waals surface area contributed by atoms with Gasteiger partial charge in [-0.15, -0.1) is 11.3 Å². The van der Waals surface area contributed by atoms with E-state index >= 15 is 0 Å². The molecule has 0 radical (unpaired) electrons. The van der Waals surface area contributed by atoms with E-state index in [2.05, 4.69) is 21.5 Å². The summed E-state index contributed by atoms with van der Waals surface area (Å²) in [6, 6.07) is 9.96. The molecular weight excluding hydrogens is 278 g/mol. The second-order valence-electron chi connectivity index (χ2n) is 4.14. The SMILES string of the molecule is C/C(=C/c1cc(Cc2ccc(Cl)cc2)cs1)N=[N+]=[N-]. The smallest absolute Gasteiger partial charge is 0.0406 e. The van der Waals surface area contributed by atoms with E-state index in [4.69, 9.17) is 17.1 Å². The van der Waals surface area contributed by atoms with Crippen LogP contribution in [0.25, 0.3) is 16.5 Å². The number of thiophene rings is 1. The fourth-order valence-corrected chi connectivity index (χ4v) is 2.73. The minimum absolute atomic E-state index is 0.669. The van der Waals surface area contributed by atoms with Gasteiger partial charge < -0.3 is 0 Å². The van der Waals surface area contributed by atoms with Crippen molar-refractivity contribution in [3.8, 4) is 0 Å². The molecule has 0 aliphatic heterocycles. The number of benzene rings is 1. The minimum atomic E-state index is 0.669. The van der Waals surface area contributed by atoms with Crippen molar-refractivity contribution in [3.63, 3.8) is 0 Å². The Kier molecular flexibility index (Phi) is 4.63. The van der Waals surface area contributed by atoms with Gasteiger partial charge in [-0.2, -0.15) is 0 Å². The van der Waals surface area contributed by atoms with Crippen LogP contribution in [0.1, 0.15) is 22.9 Å². The lowest BCUT2D eigenvalue weighted by Gasteiger charge is -1.98. The third-order valence-corrected chi connectivity index (χ3v) is 3.73. The predicted octanol–water partition coefficient (Wildman–Crippen LogP) is 5.66. The highest BCUT2D eigenvalue weighted by Gasteiger charge is 2.00. The standard InChI is InChI=1S/C14H12ClN3S/c1-10(17-18-16)6-14-8-12(9-19-14)7-11-2-4-13(15)5-3-11/h2-6,8-9H,7H2,1H3/b10-6-. The maximum atomic E-state index is 8.35. The largest absolute Gasteiger partial charge is 0.144 e. The van der Waals surface area contributed by atoms with E-state index in [9.17, 15) is 0 Å². The van der Waals surface area contributed by atoms with Crippen LogP contribution in [0.15, 0.2) is 46.5 Å². The summed E-state index contributed by atoms with van der Waals surface area (Å²) in [7, 11) is 0. The molecule has 2 rings (SSSR count). The molecule has 0 saturated carbocycles. The van der Waals surface area contributed by atoms with Gasteiger partial charge in [0.1, 0.15) is 0 Å². The Morgan fingerprint density at radius 2 is 2.11 bits per heavy atom. The van der Waals surface area contributed by atoms with Crippen LogP contribution in [0, 0.1) is 0 Å². The molecule has 0 aliphatic rings. The lowest BCUT2D eigenvalue weighted by molar-refractivity contribution is 1.21. The lowest BCUT2D eigenvalue weighted by atomic mass is 10.1. The molecular formula is C14H12ClN3S. The Morgan fingerprint density at radius 1 is 1.37 bits per heavy atom. The van der Waals surface area contributed by atoms with Crippen molar-refractivity contribution in [2.24, 2.45) is 5.11 Å². The Morgan fingerprint density at radius 3 is 2.79 bits per heavy atom. The summed E-state index contributed by atoms with van der Waals surface area (Å²) in [5.41, 5.74) is 11.5. The molecule has 19 heavy (non-hydrogen) atoms. The summed E-state index contributed by atoms with van der Waals surface area (Å²) in [5, 5.41) is 6.42. The third-order valence-electron chi connectivity index (χ3n) is 2.55. The monoisotopic (exact) mass is 289 g/mol. The summed E-state index contributed by atoms with van der Waals surface area (Å²) in [6.45, 7) is 1.79. The Bertz CT molecular complexity index is 637. The van der Waals surface area contributed by atoms with E-state index < -0.39 is 0 Å². The van der Waals surface area contributed by atoms with E-state index in [1.807, 2.05) is 30.3 Å².